The number of nitrogens with one attached hydrogen (secondary N) is 1. The van der Waals surface area contributed by atoms with Crippen molar-refractivity contribution in [2.75, 3.05) is 0 Å². The van der Waals surface area contributed by atoms with Gasteiger partial charge >= 0.3 is 0 Å². The van der Waals surface area contributed by atoms with E-state index < -0.39 is 18.2 Å². The van der Waals surface area contributed by atoms with Crippen molar-refractivity contribution in [1.29, 1.82) is 0 Å². The molecule has 2 unspecified atom stereocenters. The Kier molecular flexibility index (Phi) is 6.69. The molecule has 144 valence electrons. The molecule has 3 nitrogen and oxygen atoms in total. The number of carbonyl (C=O) groups is 1. The minimum atomic E-state index is -1.47. The average Bonchev–Trinajstić information content (AvgIpc) is 2.69. The van der Waals surface area contributed by atoms with Crippen LogP contribution in [0, 0.1) is 5.82 Å². The van der Waals surface area contributed by atoms with Crippen molar-refractivity contribution in [1.82, 2.24) is 5.32 Å². The molecular formula is C22H25F2NO2. The van der Waals surface area contributed by atoms with Gasteiger partial charge in [0.25, 0.3) is 0 Å². The second-order valence-electron chi connectivity index (χ2n) is 7.22. The highest BCUT2D eigenvalue weighted by atomic mass is 19.1. The van der Waals surface area contributed by atoms with Crippen LogP contribution in [0.3, 0.4) is 0 Å². The number of hydrogen-bond donors (Lipinski definition) is 2. The molecule has 0 heterocycles. The fraction of sp³-hybridized carbons (Fsp3) is 0.409. The van der Waals surface area contributed by atoms with Gasteiger partial charge in [-0.05, 0) is 54.9 Å². The Balaban J connectivity index is 1.44. The van der Waals surface area contributed by atoms with Crippen molar-refractivity contribution in [2.24, 2.45) is 0 Å². The maximum atomic E-state index is 14.3. The first-order valence-electron chi connectivity index (χ1n) is 9.44. The summed E-state index contributed by atoms with van der Waals surface area (Å²) in [6, 6.07) is 15.2. The molecule has 0 aromatic heterocycles. The zero-order valence-electron chi connectivity index (χ0n) is 15.2. The van der Waals surface area contributed by atoms with Crippen LogP contribution >= 0.6 is 0 Å². The van der Waals surface area contributed by atoms with Gasteiger partial charge in [0.15, 0.2) is 12.1 Å². The van der Waals surface area contributed by atoms with Crippen molar-refractivity contribution in [3.8, 4) is 0 Å². The third-order valence-corrected chi connectivity index (χ3v) is 5.29. The summed E-state index contributed by atoms with van der Waals surface area (Å²) in [5.74, 6) is -0.402. The number of halogens is 2. The van der Waals surface area contributed by atoms with Crippen LogP contribution in [0.5, 0.6) is 0 Å². The maximum absolute atomic E-state index is 14.3. The van der Waals surface area contributed by atoms with Crippen molar-refractivity contribution in [3.63, 3.8) is 0 Å². The first-order valence-corrected chi connectivity index (χ1v) is 9.44. The lowest BCUT2D eigenvalue weighted by atomic mass is 9.81. The van der Waals surface area contributed by atoms with Gasteiger partial charge in [0.1, 0.15) is 11.9 Å². The molecular weight excluding hydrogens is 348 g/mol. The fourth-order valence-electron chi connectivity index (χ4n) is 3.75. The van der Waals surface area contributed by atoms with Crippen LogP contribution in [0.4, 0.5) is 8.78 Å². The summed E-state index contributed by atoms with van der Waals surface area (Å²) in [6.07, 6.45) is 0.292. The molecule has 0 saturated heterocycles. The predicted molar refractivity (Wildman–Crippen MR) is 100 cm³/mol. The predicted octanol–water partition coefficient (Wildman–Crippen LogP) is 4.43. The summed E-state index contributed by atoms with van der Waals surface area (Å²) in [4.78, 5) is 12.1. The van der Waals surface area contributed by atoms with Crippen molar-refractivity contribution < 1.29 is 18.7 Å². The van der Waals surface area contributed by atoms with Gasteiger partial charge < -0.3 is 5.11 Å². The number of rotatable bonds is 7. The number of aliphatic hydroxyl groups is 1. The third-order valence-electron chi connectivity index (χ3n) is 5.29. The Hall–Kier alpha value is -2.11. The monoisotopic (exact) mass is 373 g/mol. The number of ketones is 1. The Morgan fingerprint density at radius 3 is 2.30 bits per heavy atom. The van der Waals surface area contributed by atoms with E-state index in [1.807, 2.05) is 12.1 Å². The summed E-state index contributed by atoms with van der Waals surface area (Å²) in [5.41, 5.74) is 1.60. The van der Waals surface area contributed by atoms with Crippen LogP contribution in [0.25, 0.3) is 0 Å². The van der Waals surface area contributed by atoms with Crippen molar-refractivity contribution in [2.45, 2.75) is 56.5 Å². The lowest BCUT2D eigenvalue weighted by Crippen LogP contribution is -2.39. The van der Waals surface area contributed by atoms with E-state index in [-0.39, 0.29) is 18.3 Å². The highest BCUT2D eigenvalue weighted by molar-refractivity contribution is 5.84. The number of carbonyl (C=O) groups excluding carboxylic acids is 1. The first kappa shape index (κ1) is 19.6. The molecule has 5 heteroatoms. The topological polar surface area (TPSA) is 49.3 Å². The third kappa shape index (κ3) is 5.44. The molecule has 1 saturated carbocycles. The lowest BCUT2D eigenvalue weighted by molar-refractivity contribution is -0.128. The highest BCUT2D eigenvalue weighted by Gasteiger charge is 2.26. The molecule has 0 amide bonds. The molecule has 2 N–H and O–H groups in total. The maximum Gasteiger partial charge on any atom is 0.170 e. The Morgan fingerprint density at radius 1 is 1.04 bits per heavy atom. The van der Waals surface area contributed by atoms with E-state index in [0.29, 0.717) is 11.5 Å². The van der Waals surface area contributed by atoms with Gasteiger partial charge in [-0.25, -0.2) is 8.78 Å². The Bertz CT molecular complexity index is 728. The second kappa shape index (κ2) is 9.20. The number of alkyl halides is 1. The van der Waals surface area contributed by atoms with Crippen LogP contribution in [-0.2, 0) is 4.79 Å². The van der Waals surface area contributed by atoms with Crippen LogP contribution in [0.1, 0.15) is 55.3 Å². The Morgan fingerprint density at radius 2 is 1.67 bits per heavy atom. The first-order chi connectivity index (χ1) is 13.0. The zero-order chi connectivity index (χ0) is 19.2. The molecule has 3 rings (SSSR count). The van der Waals surface area contributed by atoms with Gasteiger partial charge in [0.2, 0.25) is 0 Å². The van der Waals surface area contributed by atoms with E-state index in [9.17, 15) is 18.7 Å². The van der Waals surface area contributed by atoms with Gasteiger partial charge in [0, 0.05) is 6.04 Å². The SMILES string of the molecule is O=C(CC(F)NC1CCC(c2ccc(F)cc2)CC1)C(O)c1ccccc1. The normalized spacial score (nSPS) is 22.2. The summed E-state index contributed by atoms with van der Waals surface area (Å²) in [6.45, 7) is 0. The number of aliphatic hydroxyl groups excluding tert-OH is 1. The van der Waals surface area contributed by atoms with Gasteiger partial charge in [-0.1, -0.05) is 42.5 Å². The van der Waals surface area contributed by atoms with Gasteiger partial charge in [-0.3, -0.25) is 10.1 Å². The zero-order valence-corrected chi connectivity index (χ0v) is 15.2. The van der Waals surface area contributed by atoms with E-state index in [1.54, 1.807) is 30.3 Å². The van der Waals surface area contributed by atoms with Crippen LogP contribution in [0.15, 0.2) is 54.6 Å². The Labute approximate surface area is 158 Å². The van der Waals surface area contributed by atoms with Crippen molar-refractivity contribution in [3.05, 3.63) is 71.5 Å². The highest BCUT2D eigenvalue weighted by Crippen LogP contribution is 2.33. The summed E-state index contributed by atoms with van der Waals surface area (Å²) in [7, 11) is 0. The quantitative estimate of drug-likeness (QED) is 0.706. The summed E-state index contributed by atoms with van der Waals surface area (Å²) >= 11 is 0. The molecule has 1 aliphatic rings. The van der Waals surface area contributed by atoms with Gasteiger partial charge in [-0.15, -0.1) is 0 Å². The summed E-state index contributed by atoms with van der Waals surface area (Å²) < 4.78 is 27.3. The summed E-state index contributed by atoms with van der Waals surface area (Å²) in [5, 5.41) is 12.9. The van der Waals surface area contributed by atoms with Gasteiger partial charge in [-0.2, -0.15) is 0 Å². The average molecular weight is 373 g/mol. The number of Topliss-reactive ketones (excluding diaryl/α,β-unsaturated/α-hetero) is 1. The van der Waals surface area contributed by atoms with Crippen LogP contribution in [0.2, 0.25) is 0 Å². The fourth-order valence-corrected chi connectivity index (χ4v) is 3.75. The molecule has 2 aromatic rings. The van der Waals surface area contributed by atoms with E-state index in [2.05, 4.69) is 5.32 Å². The standard InChI is InChI=1S/C22H25F2NO2/c23-18-10-6-15(7-11-18)16-8-12-19(13-9-16)25-21(24)14-20(26)22(27)17-4-2-1-3-5-17/h1-7,10-11,16,19,21-22,25,27H,8-9,12-14H2. The largest absolute Gasteiger partial charge is 0.381 e. The van der Waals surface area contributed by atoms with E-state index in [0.717, 1.165) is 31.2 Å². The van der Waals surface area contributed by atoms with E-state index >= 15 is 0 Å². The van der Waals surface area contributed by atoms with Crippen molar-refractivity contribution >= 4 is 5.78 Å². The second-order valence-corrected chi connectivity index (χ2v) is 7.22. The minimum Gasteiger partial charge on any atom is -0.381 e. The minimum absolute atomic E-state index is 0.0124. The van der Waals surface area contributed by atoms with E-state index in [4.69, 9.17) is 0 Å². The lowest BCUT2D eigenvalue weighted by Gasteiger charge is -2.30. The number of hydrogen-bond acceptors (Lipinski definition) is 3. The molecule has 1 aliphatic carbocycles. The van der Waals surface area contributed by atoms with E-state index in [1.165, 1.54) is 12.1 Å². The smallest absolute Gasteiger partial charge is 0.170 e. The van der Waals surface area contributed by atoms with Crippen LogP contribution in [-0.4, -0.2) is 23.2 Å². The molecule has 2 aromatic carbocycles. The molecule has 0 aliphatic heterocycles. The molecule has 0 spiro atoms. The molecule has 2 atom stereocenters. The molecule has 0 bridgehead atoms. The molecule has 27 heavy (non-hydrogen) atoms. The number of benzene rings is 2. The molecule has 0 radical (unpaired) electrons. The van der Waals surface area contributed by atoms with Crippen LogP contribution < -0.4 is 5.32 Å². The van der Waals surface area contributed by atoms with Gasteiger partial charge in [0.05, 0.1) is 6.42 Å². The molecule has 1 fully saturated rings.